The summed E-state index contributed by atoms with van der Waals surface area (Å²) < 4.78 is 16.7. The zero-order chi connectivity index (χ0) is 18.8. The van der Waals surface area contributed by atoms with Crippen molar-refractivity contribution in [2.24, 2.45) is 5.73 Å². The zero-order valence-electron chi connectivity index (χ0n) is 15.6. The molecule has 0 aromatic heterocycles. The van der Waals surface area contributed by atoms with E-state index in [9.17, 15) is 4.57 Å². The molecule has 0 radical (unpaired) electrons. The smallest absolute Gasteiger partial charge is 0.325 e. The molecule has 1 aromatic rings. The predicted molar refractivity (Wildman–Crippen MR) is 103 cm³/mol. The lowest BCUT2D eigenvalue weighted by molar-refractivity contribution is 0.304. The molecule has 0 aliphatic heterocycles. The Bertz CT molecular complexity index is 525. The van der Waals surface area contributed by atoms with Gasteiger partial charge in [0.05, 0.1) is 12.8 Å². The Morgan fingerprint density at radius 1 is 1.08 bits per heavy atom. The molecule has 0 saturated heterocycles. The Morgan fingerprint density at radius 3 is 2.32 bits per heavy atom. The summed E-state index contributed by atoms with van der Waals surface area (Å²) in [5.74, 6) is 0.885. The second-order valence-corrected chi connectivity index (χ2v) is 8.98. The van der Waals surface area contributed by atoms with Crippen molar-refractivity contribution in [3.63, 3.8) is 0 Å². The molecule has 1 aromatic carbocycles. The van der Waals surface area contributed by atoms with Gasteiger partial charge in [-0.05, 0) is 50.3 Å². The fourth-order valence-electron chi connectivity index (χ4n) is 2.60. The van der Waals surface area contributed by atoms with E-state index in [0.717, 1.165) is 30.8 Å². The summed E-state index contributed by atoms with van der Waals surface area (Å²) in [5, 5.41) is 0. The van der Waals surface area contributed by atoms with Gasteiger partial charge in [-0.1, -0.05) is 44.7 Å². The van der Waals surface area contributed by atoms with Gasteiger partial charge in [-0.3, -0.25) is 4.57 Å². The van der Waals surface area contributed by atoms with E-state index in [4.69, 9.17) is 20.3 Å². The minimum atomic E-state index is -3.98. The Labute approximate surface area is 152 Å². The highest BCUT2D eigenvalue weighted by molar-refractivity contribution is 7.51. The van der Waals surface area contributed by atoms with Crippen molar-refractivity contribution >= 4 is 7.60 Å². The van der Waals surface area contributed by atoms with E-state index in [-0.39, 0.29) is 6.16 Å². The minimum Gasteiger partial charge on any atom is -0.494 e. The molecular weight excluding hydrogens is 337 g/mol. The van der Waals surface area contributed by atoms with Gasteiger partial charge in [0.25, 0.3) is 0 Å². The topological polar surface area (TPSA) is 92.8 Å². The number of hydrogen-bond donors (Lipinski definition) is 3. The second-order valence-electron chi connectivity index (χ2n) is 7.20. The maximum atomic E-state index is 11.0. The molecule has 0 heterocycles. The highest BCUT2D eigenvalue weighted by Crippen LogP contribution is 2.37. The third kappa shape index (κ3) is 11.4. The van der Waals surface area contributed by atoms with Crippen LogP contribution in [-0.2, 0) is 11.0 Å². The molecule has 0 saturated carbocycles. The van der Waals surface area contributed by atoms with Crippen molar-refractivity contribution in [1.29, 1.82) is 0 Å². The van der Waals surface area contributed by atoms with Crippen LogP contribution in [0.4, 0.5) is 0 Å². The molecule has 6 heteroatoms. The van der Waals surface area contributed by atoms with Crippen LogP contribution in [0.3, 0.4) is 0 Å². The molecule has 5 nitrogen and oxygen atoms in total. The van der Waals surface area contributed by atoms with E-state index in [2.05, 4.69) is 6.92 Å². The highest BCUT2D eigenvalue weighted by atomic mass is 31.2. The van der Waals surface area contributed by atoms with Gasteiger partial charge in [0.1, 0.15) is 5.75 Å². The molecule has 4 N–H and O–H groups in total. The standard InChI is InChI=1S/C19H34NO4P/c1-3-4-5-6-7-15-24-18-10-8-17(9-11-18)12-13-19(2,20)14-16-25(21,22)23/h8-11H,3-7,12-16,20H2,1-2H3,(H2,21,22,23)/t19-/m0/s1. The van der Waals surface area contributed by atoms with Crippen molar-refractivity contribution in [3.05, 3.63) is 29.8 Å². The van der Waals surface area contributed by atoms with Crippen molar-refractivity contribution in [2.45, 2.75) is 70.8 Å². The maximum absolute atomic E-state index is 11.0. The van der Waals surface area contributed by atoms with E-state index in [1.54, 1.807) is 0 Å². The van der Waals surface area contributed by atoms with E-state index in [0.29, 0.717) is 12.8 Å². The summed E-state index contributed by atoms with van der Waals surface area (Å²) in [4.78, 5) is 17.9. The summed E-state index contributed by atoms with van der Waals surface area (Å²) in [6.45, 7) is 4.81. The van der Waals surface area contributed by atoms with Crippen molar-refractivity contribution in [2.75, 3.05) is 12.8 Å². The van der Waals surface area contributed by atoms with Gasteiger partial charge in [0.15, 0.2) is 0 Å². The van der Waals surface area contributed by atoms with Gasteiger partial charge in [-0.25, -0.2) is 0 Å². The SMILES string of the molecule is CCCCCCCOc1ccc(CC[C@](C)(N)CCP(=O)(O)O)cc1. The third-order valence-corrected chi connectivity index (χ3v) is 5.21. The molecule has 1 atom stereocenters. The molecule has 144 valence electrons. The number of aryl methyl sites for hydroxylation is 1. The van der Waals surface area contributed by atoms with Crippen LogP contribution in [0.1, 0.15) is 64.4 Å². The largest absolute Gasteiger partial charge is 0.494 e. The van der Waals surface area contributed by atoms with Gasteiger partial charge >= 0.3 is 7.60 Å². The Balaban J connectivity index is 2.30. The molecule has 0 bridgehead atoms. The summed E-state index contributed by atoms with van der Waals surface area (Å²) in [6.07, 6.45) is 7.76. The minimum absolute atomic E-state index is 0.162. The summed E-state index contributed by atoms with van der Waals surface area (Å²) in [5.41, 5.74) is 6.73. The third-order valence-electron chi connectivity index (χ3n) is 4.40. The first-order chi connectivity index (χ1) is 11.7. The van der Waals surface area contributed by atoms with Crippen LogP contribution in [0, 0.1) is 0 Å². The fourth-order valence-corrected chi connectivity index (χ4v) is 3.41. The molecule has 0 aliphatic carbocycles. The Hall–Kier alpha value is -0.870. The fraction of sp³-hybridized carbons (Fsp3) is 0.684. The molecule has 0 fully saturated rings. The van der Waals surface area contributed by atoms with Crippen LogP contribution in [-0.4, -0.2) is 28.1 Å². The molecule has 25 heavy (non-hydrogen) atoms. The van der Waals surface area contributed by atoms with Gasteiger partial charge in [-0.2, -0.15) is 0 Å². The average Bonchev–Trinajstić information content (AvgIpc) is 2.55. The number of hydrogen-bond acceptors (Lipinski definition) is 3. The summed E-state index contributed by atoms with van der Waals surface area (Å²) in [7, 11) is -3.98. The van der Waals surface area contributed by atoms with E-state index in [1.807, 2.05) is 31.2 Å². The molecule has 0 aliphatic rings. The Kier molecular flexibility index (Phi) is 9.73. The monoisotopic (exact) mass is 371 g/mol. The summed E-state index contributed by atoms with van der Waals surface area (Å²) >= 11 is 0. The van der Waals surface area contributed by atoms with Crippen LogP contribution in [0.15, 0.2) is 24.3 Å². The first kappa shape index (κ1) is 22.2. The van der Waals surface area contributed by atoms with E-state index < -0.39 is 13.1 Å². The Morgan fingerprint density at radius 2 is 1.72 bits per heavy atom. The molecular formula is C19H34NO4P. The second kappa shape index (κ2) is 11.0. The number of rotatable bonds is 13. The zero-order valence-corrected chi connectivity index (χ0v) is 16.5. The number of ether oxygens (including phenoxy) is 1. The van der Waals surface area contributed by atoms with Crippen molar-refractivity contribution in [1.82, 2.24) is 0 Å². The maximum Gasteiger partial charge on any atom is 0.325 e. The molecule has 0 amide bonds. The first-order valence-electron chi connectivity index (χ1n) is 9.27. The molecule has 0 spiro atoms. The van der Waals surface area contributed by atoms with Gasteiger partial charge in [-0.15, -0.1) is 0 Å². The predicted octanol–water partition coefficient (Wildman–Crippen LogP) is 4.25. The van der Waals surface area contributed by atoms with Crippen molar-refractivity contribution in [3.8, 4) is 5.75 Å². The van der Waals surface area contributed by atoms with Crippen LogP contribution >= 0.6 is 7.60 Å². The lowest BCUT2D eigenvalue weighted by Crippen LogP contribution is -2.37. The van der Waals surface area contributed by atoms with Gasteiger partial charge in [0.2, 0.25) is 0 Å². The van der Waals surface area contributed by atoms with Crippen LogP contribution < -0.4 is 10.5 Å². The first-order valence-corrected chi connectivity index (χ1v) is 11.1. The van der Waals surface area contributed by atoms with Crippen LogP contribution in [0.5, 0.6) is 5.75 Å². The van der Waals surface area contributed by atoms with Gasteiger partial charge < -0.3 is 20.3 Å². The van der Waals surface area contributed by atoms with Crippen LogP contribution in [0.25, 0.3) is 0 Å². The lowest BCUT2D eigenvalue weighted by Gasteiger charge is -2.24. The normalized spacial score (nSPS) is 14.3. The lowest BCUT2D eigenvalue weighted by atomic mass is 9.92. The van der Waals surface area contributed by atoms with E-state index in [1.165, 1.54) is 25.7 Å². The number of nitrogens with two attached hydrogens (primary N) is 1. The number of benzene rings is 1. The summed E-state index contributed by atoms with van der Waals surface area (Å²) in [6, 6.07) is 8.02. The number of unbranched alkanes of at least 4 members (excludes halogenated alkanes) is 4. The average molecular weight is 371 g/mol. The van der Waals surface area contributed by atoms with Gasteiger partial charge in [0, 0.05) is 5.54 Å². The molecule has 0 unspecified atom stereocenters. The molecule has 1 rings (SSSR count). The highest BCUT2D eigenvalue weighted by Gasteiger charge is 2.23. The van der Waals surface area contributed by atoms with Crippen LogP contribution in [0.2, 0.25) is 0 Å². The van der Waals surface area contributed by atoms with Crippen molar-refractivity contribution < 1.29 is 19.1 Å². The van der Waals surface area contributed by atoms with E-state index >= 15 is 0 Å². The quantitative estimate of drug-likeness (QED) is 0.356.